The minimum atomic E-state index is 0.119. The molecule has 5 aromatic rings. The zero-order valence-corrected chi connectivity index (χ0v) is 18.9. The van der Waals surface area contributed by atoms with Crippen LogP contribution in [-0.2, 0) is 6.54 Å². The van der Waals surface area contributed by atoms with Crippen LogP contribution in [-0.4, -0.2) is 28.8 Å². The number of rotatable bonds is 6. The summed E-state index contributed by atoms with van der Waals surface area (Å²) in [4.78, 5) is 8.64. The predicted molar refractivity (Wildman–Crippen MR) is 133 cm³/mol. The number of ether oxygens (including phenoxy) is 2. The smallest absolute Gasteiger partial charge is 0.257 e. The van der Waals surface area contributed by atoms with Crippen LogP contribution in [0.4, 0.5) is 0 Å². The molecule has 0 saturated carbocycles. The van der Waals surface area contributed by atoms with Gasteiger partial charge in [-0.2, -0.15) is 9.61 Å². The highest BCUT2D eigenvalue weighted by Gasteiger charge is 2.26. The van der Waals surface area contributed by atoms with E-state index in [0.29, 0.717) is 17.2 Å². The zero-order chi connectivity index (χ0) is 23.5. The number of benzene rings is 3. The van der Waals surface area contributed by atoms with Gasteiger partial charge >= 0.3 is 0 Å². The molecule has 6 nitrogen and oxygen atoms in total. The summed E-state index contributed by atoms with van der Waals surface area (Å²) in [6.45, 7) is 7.68. The molecule has 34 heavy (non-hydrogen) atoms. The number of hydrogen-bond acceptors (Lipinski definition) is 4. The summed E-state index contributed by atoms with van der Waals surface area (Å²) < 4.78 is 13.0. The largest absolute Gasteiger partial charge is 0.497 e. The van der Waals surface area contributed by atoms with Crippen molar-refractivity contribution in [1.29, 1.82) is 0 Å². The molecular weight excluding hydrogens is 424 g/mol. The molecule has 0 atom stereocenters. The fourth-order valence-corrected chi connectivity index (χ4v) is 4.16. The molecule has 0 aliphatic heterocycles. The SMILES string of the molecule is [C-]#[N+]Cc1nc2c(-c3ccccc3)c(-c3ccccc3)nn2c(OC)c1-c1ccc(OC)cc1. The molecule has 0 bridgehead atoms. The van der Waals surface area contributed by atoms with E-state index in [1.165, 1.54) is 0 Å². The second kappa shape index (κ2) is 9.08. The van der Waals surface area contributed by atoms with Gasteiger partial charge < -0.3 is 14.3 Å². The molecule has 0 amide bonds. The summed E-state index contributed by atoms with van der Waals surface area (Å²) >= 11 is 0. The van der Waals surface area contributed by atoms with Gasteiger partial charge in [0.2, 0.25) is 5.88 Å². The maximum absolute atomic E-state index is 7.56. The first-order valence-corrected chi connectivity index (χ1v) is 10.8. The fraction of sp³-hybridized carbons (Fsp3) is 0.107. The van der Waals surface area contributed by atoms with E-state index >= 15 is 0 Å². The lowest BCUT2D eigenvalue weighted by Crippen LogP contribution is -2.05. The van der Waals surface area contributed by atoms with E-state index in [4.69, 9.17) is 26.1 Å². The summed E-state index contributed by atoms with van der Waals surface area (Å²) in [6.07, 6.45) is 0. The highest BCUT2D eigenvalue weighted by atomic mass is 16.5. The van der Waals surface area contributed by atoms with Gasteiger partial charge in [0, 0.05) is 5.56 Å². The second-order valence-electron chi connectivity index (χ2n) is 7.68. The minimum Gasteiger partial charge on any atom is -0.497 e. The molecule has 0 unspecified atom stereocenters. The fourth-order valence-electron chi connectivity index (χ4n) is 4.16. The molecule has 0 aliphatic rings. The molecule has 0 saturated heterocycles. The molecule has 0 radical (unpaired) electrons. The summed E-state index contributed by atoms with van der Waals surface area (Å²) in [6, 6.07) is 27.7. The molecule has 166 valence electrons. The molecule has 0 N–H and O–H groups in total. The Bertz CT molecular complexity index is 1490. The quantitative estimate of drug-likeness (QED) is 0.293. The predicted octanol–water partition coefficient (Wildman–Crippen LogP) is 6.17. The minimum absolute atomic E-state index is 0.119. The average molecular weight is 447 g/mol. The third-order valence-electron chi connectivity index (χ3n) is 5.71. The summed E-state index contributed by atoms with van der Waals surface area (Å²) in [5.74, 6) is 1.29. The van der Waals surface area contributed by atoms with Crippen molar-refractivity contribution in [2.24, 2.45) is 0 Å². The van der Waals surface area contributed by atoms with Gasteiger partial charge in [0.1, 0.15) is 17.1 Å². The Hall–Kier alpha value is -4.63. The molecule has 3 aromatic carbocycles. The van der Waals surface area contributed by atoms with Crippen molar-refractivity contribution in [3.8, 4) is 45.1 Å². The molecular formula is C28H22N4O2. The van der Waals surface area contributed by atoms with E-state index in [9.17, 15) is 0 Å². The first-order valence-electron chi connectivity index (χ1n) is 10.8. The lowest BCUT2D eigenvalue weighted by molar-refractivity contribution is 0.386. The molecule has 5 rings (SSSR count). The van der Waals surface area contributed by atoms with Crippen LogP contribution >= 0.6 is 0 Å². The van der Waals surface area contributed by atoms with Crippen LogP contribution in [0.5, 0.6) is 11.6 Å². The Kier molecular flexibility index (Phi) is 5.67. The number of methoxy groups -OCH3 is 2. The molecule has 2 heterocycles. The maximum atomic E-state index is 7.56. The first-order chi connectivity index (χ1) is 16.7. The van der Waals surface area contributed by atoms with E-state index < -0.39 is 0 Å². The molecule has 0 aliphatic carbocycles. The summed E-state index contributed by atoms with van der Waals surface area (Å²) in [5.41, 5.74) is 6.59. The number of aromatic nitrogens is 3. The van der Waals surface area contributed by atoms with Crippen molar-refractivity contribution in [2.45, 2.75) is 6.54 Å². The van der Waals surface area contributed by atoms with Gasteiger partial charge in [-0.15, -0.1) is 0 Å². The number of fused-ring (bicyclic) bond motifs is 1. The Balaban J connectivity index is 1.87. The van der Waals surface area contributed by atoms with Gasteiger partial charge in [-0.1, -0.05) is 72.8 Å². The van der Waals surface area contributed by atoms with E-state index in [-0.39, 0.29) is 6.54 Å². The normalized spacial score (nSPS) is 10.7. The van der Waals surface area contributed by atoms with Crippen molar-refractivity contribution >= 4 is 5.65 Å². The third-order valence-corrected chi connectivity index (χ3v) is 5.71. The van der Waals surface area contributed by atoms with Crippen LogP contribution in [0.3, 0.4) is 0 Å². The van der Waals surface area contributed by atoms with E-state index in [0.717, 1.165) is 39.3 Å². The van der Waals surface area contributed by atoms with Crippen molar-refractivity contribution in [1.82, 2.24) is 14.6 Å². The van der Waals surface area contributed by atoms with E-state index in [1.54, 1.807) is 18.7 Å². The van der Waals surface area contributed by atoms with Crippen LogP contribution in [0.1, 0.15) is 5.69 Å². The van der Waals surface area contributed by atoms with E-state index in [1.807, 2.05) is 84.9 Å². The molecule has 0 spiro atoms. The van der Waals surface area contributed by atoms with E-state index in [2.05, 4.69) is 4.85 Å². The molecule has 0 fully saturated rings. The van der Waals surface area contributed by atoms with Gasteiger partial charge in [-0.05, 0) is 23.3 Å². The lowest BCUT2D eigenvalue weighted by atomic mass is 10.0. The van der Waals surface area contributed by atoms with Crippen LogP contribution in [0.2, 0.25) is 0 Å². The Labute approximate surface area is 197 Å². The zero-order valence-electron chi connectivity index (χ0n) is 18.9. The number of nitrogens with zero attached hydrogens (tertiary/aromatic N) is 4. The highest BCUT2D eigenvalue weighted by molar-refractivity contribution is 5.91. The second-order valence-corrected chi connectivity index (χ2v) is 7.68. The monoisotopic (exact) mass is 446 g/mol. The summed E-state index contributed by atoms with van der Waals surface area (Å²) in [5, 5.41) is 4.98. The Morgan fingerprint density at radius 1 is 0.765 bits per heavy atom. The lowest BCUT2D eigenvalue weighted by Gasteiger charge is -2.13. The Morgan fingerprint density at radius 3 is 1.97 bits per heavy atom. The van der Waals surface area contributed by atoms with Crippen LogP contribution in [0.15, 0.2) is 84.9 Å². The molecule has 6 heteroatoms. The third kappa shape index (κ3) is 3.63. The topological polar surface area (TPSA) is 53.0 Å². The number of hydrogen-bond donors (Lipinski definition) is 0. The van der Waals surface area contributed by atoms with Crippen molar-refractivity contribution in [3.05, 3.63) is 102 Å². The van der Waals surface area contributed by atoms with Crippen molar-refractivity contribution < 1.29 is 9.47 Å². The van der Waals surface area contributed by atoms with Crippen LogP contribution < -0.4 is 9.47 Å². The summed E-state index contributed by atoms with van der Waals surface area (Å²) in [7, 11) is 3.25. The van der Waals surface area contributed by atoms with Gasteiger partial charge in [0.25, 0.3) is 6.54 Å². The van der Waals surface area contributed by atoms with Crippen molar-refractivity contribution in [3.63, 3.8) is 0 Å². The Morgan fingerprint density at radius 2 is 1.38 bits per heavy atom. The van der Waals surface area contributed by atoms with Gasteiger partial charge in [-0.3, -0.25) is 0 Å². The maximum Gasteiger partial charge on any atom is 0.257 e. The van der Waals surface area contributed by atoms with Gasteiger partial charge in [0.05, 0.1) is 25.3 Å². The highest BCUT2D eigenvalue weighted by Crippen LogP contribution is 2.40. The van der Waals surface area contributed by atoms with Crippen LogP contribution in [0, 0.1) is 6.57 Å². The van der Waals surface area contributed by atoms with Gasteiger partial charge in [-0.25, -0.2) is 11.6 Å². The standard InChI is InChI=1S/C28H22N4O2/c1-29-18-23-24(20-14-16-22(33-2)17-15-20)28(34-3)32-27(30-23)25(19-10-6-4-7-11-19)26(31-32)21-12-8-5-9-13-21/h4-17H,18H2,2-3H3. The van der Waals surface area contributed by atoms with Crippen molar-refractivity contribution in [2.75, 3.05) is 14.2 Å². The molecule has 2 aromatic heterocycles. The first kappa shape index (κ1) is 21.2. The average Bonchev–Trinajstić information content (AvgIpc) is 3.28. The van der Waals surface area contributed by atoms with Crippen LogP contribution in [0.25, 0.3) is 44.0 Å². The van der Waals surface area contributed by atoms with Gasteiger partial charge in [0.15, 0.2) is 5.65 Å².